The minimum Gasteiger partial charge on any atom is -0.267 e. The van der Waals surface area contributed by atoms with E-state index >= 15 is 0 Å². The summed E-state index contributed by atoms with van der Waals surface area (Å²) in [5, 5.41) is 0.977. The van der Waals surface area contributed by atoms with Gasteiger partial charge in [0.15, 0.2) is 0 Å². The molecule has 0 saturated heterocycles. The number of carbonyl (C=O) groups excluding carboxylic acids is 1. The molecule has 0 atom stereocenters. The zero-order valence-electron chi connectivity index (χ0n) is 7.27. The summed E-state index contributed by atoms with van der Waals surface area (Å²) in [6.45, 7) is 0. The van der Waals surface area contributed by atoms with Gasteiger partial charge in [0.1, 0.15) is 0 Å². The highest BCUT2D eigenvalue weighted by atomic mass is 16.1. The molecule has 1 aliphatic heterocycles. The molecule has 0 N–H and O–H groups in total. The predicted molar refractivity (Wildman–Crippen MR) is 53.7 cm³/mol. The van der Waals surface area contributed by atoms with Crippen molar-refractivity contribution in [3.8, 4) is 0 Å². The molecule has 0 unspecified atom stereocenters. The second-order valence-electron chi connectivity index (χ2n) is 3.18. The lowest BCUT2D eigenvalue weighted by Gasteiger charge is -1.99. The van der Waals surface area contributed by atoms with Crippen LogP contribution < -0.4 is 0 Å². The highest BCUT2D eigenvalue weighted by Crippen LogP contribution is 2.19. The summed E-state index contributed by atoms with van der Waals surface area (Å²) < 4.78 is 0. The fourth-order valence-corrected chi connectivity index (χ4v) is 1.59. The van der Waals surface area contributed by atoms with Gasteiger partial charge in [-0.3, -0.25) is 4.79 Å². The molecule has 0 bridgehead atoms. The average Bonchev–Trinajstić information content (AvgIpc) is 2.57. The molecule has 1 amide bonds. The number of carbonyl (C=O) groups is 1. The van der Waals surface area contributed by atoms with Gasteiger partial charge in [0.25, 0.3) is 5.91 Å². The third kappa shape index (κ3) is 0.893. The van der Waals surface area contributed by atoms with Crippen LogP contribution in [0.3, 0.4) is 0 Å². The maximum atomic E-state index is 11.3. The van der Waals surface area contributed by atoms with Crippen LogP contribution in [-0.4, -0.2) is 17.1 Å². The minimum absolute atomic E-state index is 0.196. The second kappa shape index (κ2) is 2.48. The Balaban J connectivity index is 2.42. The van der Waals surface area contributed by atoms with E-state index in [-0.39, 0.29) is 5.91 Å². The minimum atomic E-state index is -0.196. The van der Waals surface area contributed by atoms with Crippen molar-refractivity contribution in [2.75, 3.05) is 0 Å². The third-order valence-electron chi connectivity index (χ3n) is 2.29. The van der Waals surface area contributed by atoms with E-state index in [9.17, 15) is 4.79 Å². The van der Waals surface area contributed by atoms with E-state index in [0.717, 1.165) is 10.9 Å². The number of pyridine rings is 1. The van der Waals surface area contributed by atoms with Crippen molar-refractivity contribution in [1.29, 1.82) is 0 Å². The quantitative estimate of drug-likeness (QED) is 0.623. The van der Waals surface area contributed by atoms with Crippen LogP contribution >= 0.6 is 0 Å². The molecule has 0 saturated carbocycles. The summed E-state index contributed by atoms with van der Waals surface area (Å²) in [7, 11) is 0. The molecule has 14 heavy (non-hydrogen) atoms. The van der Waals surface area contributed by atoms with Crippen LogP contribution in [-0.2, 0) is 0 Å². The normalized spacial score (nSPS) is 13.6. The van der Waals surface area contributed by atoms with E-state index in [4.69, 9.17) is 0 Å². The molecule has 2 aromatic rings. The molecule has 0 fully saturated rings. The molecular weight excluding hydrogens is 176 g/mol. The second-order valence-corrected chi connectivity index (χ2v) is 3.18. The van der Waals surface area contributed by atoms with E-state index in [0.29, 0.717) is 11.3 Å². The molecule has 3 nitrogen and oxygen atoms in total. The van der Waals surface area contributed by atoms with Crippen LogP contribution in [0.5, 0.6) is 0 Å². The van der Waals surface area contributed by atoms with Crippen molar-refractivity contribution >= 4 is 23.0 Å². The Morgan fingerprint density at radius 2 is 2.00 bits per heavy atom. The van der Waals surface area contributed by atoms with E-state index in [1.807, 2.05) is 30.3 Å². The number of para-hydroxylation sites is 1. The Labute approximate surface area is 80.1 Å². The number of hydrogen-bond donors (Lipinski definition) is 0. The molecule has 2 heterocycles. The van der Waals surface area contributed by atoms with E-state index in [1.54, 1.807) is 0 Å². The number of benzene rings is 1. The van der Waals surface area contributed by atoms with Gasteiger partial charge in [-0.2, -0.15) is 0 Å². The van der Waals surface area contributed by atoms with Crippen molar-refractivity contribution < 1.29 is 4.79 Å². The monoisotopic (exact) mass is 182 g/mol. The van der Waals surface area contributed by atoms with Crippen LogP contribution in [0.4, 0.5) is 0 Å². The number of fused-ring (bicyclic) bond motifs is 2. The van der Waals surface area contributed by atoms with Gasteiger partial charge in [-0.05, 0) is 12.1 Å². The zero-order chi connectivity index (χ0) is 9.54. The number of aliphatic imine (C=N–C) groups is 1. The number of rotatable bonds is 0. The lowest BCUT2D eigenvalue weighted by Crippen LogP contribution is -1.95. The van der Waals surface area contributed by atoms with E-state index in [2.05, 4.69) is 9.98 Å². The summed E-state index contributed by atoms with van der Waals surface area (Å²) in [6.07, 6.45) is 1.52. The Hall–Kier alpha value is -2.03. The Morgan fingerprint density at radius 3 is 2.93 bits per heavy atom. The van der Waals surface area contributed by atoms with E-state index < -0.39 is 0 Å². The number of aromatic nitrogens is 1. The van der Waals surface area contributed by atoms with Gasteiger partial charge in [-0.15, -0.1) is 0 Å². The maximum absolute atomic E-state index is 11.3. The molecular formula is C11H6N2O. The van der Waals surface area contributed by atoms with Gasteiger partial charge in [0, 0.05) is 5.39 Å². The van der Waals surface area contributed by atoms with Crippen molar-refractivity contribution in [2.45, 2.75) is 0 Å². The molecule has 3 rings (SSSR count). The highest BCUT2D eigenvalue weighted by molar-refractivity contribution is 6.13. The molecule has 3 heteroatoms. The van der Waals surface area contributed by atoms with Crippen molar-refractivity contribution in [1.82, 2.24) is 4.98 Å². The molecule has 0 aliphatic carbocycles. The van der Waals surface area contributed by atoms with Crippen LogP contribution in [0.1, 0.15) is 16.1 Å². The SMILES string of the molecule is O=C1N=Cc2nc3ccccc3cc21. The van der Waals surface area contributed by atoms with Crippen molar-refractivity contribution in [3.05, 3.63) is 41.6 Å². The van der Waals surface area contributed by atoms with Crippen LogP contribution in [0, 0.1) is 0 Å². The Bertz CT molecular complexity index is 573. The first-order valence-electron chi connectivity index (χ1n) is 4.33. The molecule has 1 aromatic carbocycles. The van der Waals surface area contributed by atoms with Gasteiger partial charge in [0.05, 0.1) is 23.0 Å². The molecule has 1 aliphatic rings. The predicted octanol–water partition coefficient (Wildman–Crippen LogP) is 1.81. The van der Waals surface area contributed by atoms with E-state index in [1.165, 1.54) is 6.21 Å². The standard InChI is InChI=1S/C11H6N2O/c14-11-8-5-7-3-1-2-4-9(7)13-10(8)6-12-11/h1-6H. The van der Waals surface area contributed by atoms with Gasteiger partial charge in [-0.1, -0.05) is 18.2 Å². The topological polar surface area (TPSA) is 42.3 Å². The van der Waals surface area contributed by atoms with Crippen LogP contribution in [0.25, 0.3) is 10.9 Å². The summed E-state index contributed by atoms with van der Waals surface area (Å²) in [5.74, 6) is -0.196. The average molecular weight is 182 g/mol. The van der Waals surface area contributed by atoms with Crippen molar-refractivity contribution in [2.24, 2.45) is 4.99 Å². The molecule has 66 valence electrons. The fourth-order valence-electron chi connectivity index (χ4n) is 1.59. The summed E-state index contributed by atoms with van der Waals surface area (Å²) >= 11 is 0. The van der Waals surface area contributed by atoms with Gasteiger partial charge in [-0.25, -0.2) is 9.98 Å². The molecule has 0 spiro atoms. The lowest BCUT2D eigenvalue weighted by molar-refractivity contribution is 0.101. The smallest absolute Gasteiger partial charge is 0.267 e. The largest absolute Gasteiger partial charge is 0.279 e. The summed E-state index contributed by atoms with van der Waals surface area (Å²) in [6, 6.07) is 9.56. The fraction of sp³-hybridized carbons (Fsp3) is 0. The lowest BCUT2D eigenvalue weighted by atomic mass is 10.1. The van der Waals surface area contributed by atoms with Gasteiger partial charge < -0.3 is 0 Å². The first kappa shape index (κ1) is 7.38. The molecule has 0 radical (unpaired) electrons. The van der Waals surface area contributed by atoms with Gasteiger partial charge in [0.2, 0.25) is 0 Å². The third-order valence-corrected chi connectivity index (χ3v) is 2.29. The Morgan fingerprint density at radius 1 is 1.14 bits per heavy atom. The zero-order valence-corrected chi connectivity index (χ0v) is 7.27. The van der Waals surface area contributed by atoms with Crippen molar-refractivity contribution in [3.63, 3.8) is 0 Å². The maximum Gasteiger partial charge on any atom is 0.279 e. The first-order valence-corrected chi connectivity index (χ1v) is 4.33. The number of amides is 1. The van der Waals surface area contributed by atoms with Crippen LogP contribution in [0.2, 0.25) is 0 Å². The van der Waals surface area contributed by atoms with Gasteiger partial charge >= 0.3 is 0 Å². The number of nitrogens with zero attached hydrogens (tertiary/aromatic N) is 2. The number of hydrogen-bond acceptors (Lipinski definition) is 2. The summed E-state index contributed by atoms with van der Waals surface area (Å²) in [5.41, 5.74) is 2.17. The Kier molecular flexibility index (Phi) is 1.31. The highest BCUT2D eigenvalue weighted by Gasteiger charge is 2.16. The summed E-state index contributed by atoms with van der Waals surface area (Å²) in [4.78, 5) is 19.3. The van der Waals surface area contributed by atoms with Crippen LogP contribution in [0.15, 0.2) is 35.3 Å². The first-order chi connectivity index (χ1) is 6.84. The molecule has 1 aromatic heterocycles.